The van der Waals surface area contributed by atoms with Crippen LogP contribution < -0.4 is 0 Å². The van der Waals surface area contributed by atoms with Crippen molar-refractivity contribution in [1.29, 1.82) is 0 Å². The molecule has 2 aromatic rings. The molecule has 0 aliphatic heterocycles. The molecule has 3 heteroatoms. The number of benzene rings is 1. The summed E-state index contributed by atoms with van der Waals surface area (Å²) in [5.74, 6) is 0.603. The number of hydrogen-bond donors (Lipinski definition) is 1. The minimum atomic E-state index is -0.360. The van der Waals surface area contributed by atoms with Crippen molar-refractivity contribution in [3.05, 3.63) is 42.3 Å². The third-order valence-corrected chi connectivity index (χ3v) is 2.20. The lowest BCUT2D eigenvalue weighted by molar-refractivity contribution is 0.195. The largest absolute Gasteiger partial charge is 0.445 e. The summed E-state index contributed by atoms with van der Waals surface area (Å²) in [6, 6.07) is 7.81. The Hall–Kier alpha value is -1.61. The molecule has 15 heavy (non-hydrogen) atoms. The minimum absolute atomic E-state index is 0.360. The molecule has 0 aliphatic carbocycles. The smallest absolute Gasteiger partial charge is 0.226 e. The second-order valence-corrected chi connectivity index (χ2v) is 3.55. The van der Waals surface area contributed by atoms with Gasteiger partial charge in [-0.25, -0.2) is 4.98 Å². The van der Waals surface area contributed by atoms with Crippen LogP contribution in [0, 0.1) is 0 Å². The molecule has 1 aromatic heterocycles. The fourth-order valence-corrected chi connectivity index (χ4v) is 1.58. The van der Waals surface area contributed by atoms with Crippen LogP contribution in [-0.4, -0.2) is 16.2 Å². The molecule has 1 N–H and O–H groups in total. The number of rotatable bonds is 3. The highest BCUT2D eigenvalue weighted by Gasteiger charge is 2.09. The van der Waals surface area contributed by atoms with E-state index in [9.17, 15) is 5.11 Å². The first-order valence-electron chi connectivity index (χ1n) is 4.93. The number of hydrogen-bond acceptors (Lipinski definition) is 3. The standard InChI is InChI=1S/C12H13NO2/c1-9(14)8-10-4-2-3-5-11(10)12-13-6-7-15-12/h2-7,9,14H,8H2,1H3. The fourth-order valence-electron chi connectivity index (χ4n) is 1.58. The van der Waals surface area contributed by atoms with Gasteiger partial charge in [-0.2, -0.15) is 0 Å². The van der Waals surface area contributed by atoms with Gasteiger partial charge in [-0.1, -0.05) is 18.2 Å². The van der Waals surface area contributed by atoms with Gasteiger partial charge in [0.05, 0.1) is 12.3 Å². The summed E-state index contributed by atoms with van der Waals surface area (Å²) in [6.07, 6.45) is 3.42. The lowest BCUT2D eigenvalue weighted by atomic mass is 10.0. The predicted octanol–water partition coefficient (Wildman–Crippen LogP) is 2.26. The minimum Gasteiger partial charge on any atom is -0.445 e. The van der Waals surface area contributed by atoms with E-state index in [-0.39, 0.29) is 6.10 Å². The van der Waals surface area contributed by atoms with E-state index in [2.05, 4.69) is 4.98 Å². The van der Waals surface area contributed by atoms with E-state index < -0.39 is 0 Å². The van der Waals surface area contributed by atoms with Crippen LogP contribution in [0.4, 0.5) is 0 Å². The van der Waals surface area contributed by atoms with E-state index in [1.807, 2.05) is 24.3 Å². The molecule has 1 aromatic carbocycles. The van der Waals surface area contributed by atoms with Crippen molar-refractivity contribution >= 4 is 0 Å². The Bertz CT molecular complexity index is 421. The van der Waals surface area contributed by atoms with Gasteiger partial charge in [-0.15, -0.1) is 0 Å². The van der Waals surface area contributed by atoms with E-state index >= 15 is 0 Å². The maximum absolute atomic E-state index is 9.38. The quantitative estimate of drug-likeness (QED) is 0.832. The fraction of sp³-hybridized carbons (Fsp3) is 0.250. The van der Waals surface area contributed by atoms with Crippen LogP contribution in [0.5, 0.6) is 0 Å². The first kappa shape index (κ1) is 9.93. The van der Waals surface area contributed by atoms with Gasteiger partial charge in [-0.3, -0.25) is 0 Å². The molecular formula is C12H13NO2. The molecule has 0 bridgehead atoms. The number of oxazole rings is 1. The molecule has 1 heterocycles. The zero-order valence-electron chi connectivity index (χ0n) is 8.55. The van der Waals surface area contributed by atoms with E-state index in [0.717, 1.165) is 11.1 Å². The van der Waals surface area contributed by atoms with Crippen molar-refractivity contribution in [2.45, 2.75) is 19.4 Å². The Labute approximate surface area is 88.4 Å². The van der Waals surface area contributed by atoms with Crippen LogP contribution in [-0.2, 0) is 6.42 Å². The van der Waals surface area contributed by atoms with Gasteiger partial charge in [0.2, 0.25) is 5.89 Å². The van der Waals surface area contributed by atoms with Gasteiger partial charge in [-0.05, 0) is 25.0 Å². The number of aromatic nitrogens is 1. The summed E-state index contributed by atoms with van der Waals surface area (Å²) in [5, 5.41) is 9.38. The molecule has 3 nitrogen and oxygen atoms in total. The molecule has 0 aliphatic rings. The normalized spacial score (nSPS) is 12.7. The molecule has 2 rings (SSSR count). The summed E-state index contributed by atoms with van der Waals surface area (Å²) in [6.45, 7) is 1.77. The average Bonchev–Trinajstić information content (AvgIpc) is 2.70. The molecular weight excluding hydrogens is 190 g/mol. The van der Waals surface area contributed by atoms with Crippen molar-refractivity contribution in [2.75, 3.05) is 0 Å². The van der Waals surface area contributed by atoms with Crippen LogP contribution in [0.1, 0.15) is 12.5 Å². The van der Waals surface area contributed by atoms with Crippen molar-refractivity contribution in [1.82, 2.24) is 4.98 Å². The maximum Gasteiger partial charge on any atom is 0.226 e. The zero-order chi connectivity index (χ0) is 10.7. The second kappa shape index (κ2) is 4.28. The summed E-state index contributed by atoms with van der Waals surface area (Å²) in [4.78, 5) is 4.11. The first-order valence-corrected chi connectivity index (χ1v) is 4.93. The van der Waals surface area contributed by atoms with Crippen molar-refractivity contribution in [3.8, 4) is 11.5 Å². The lowest BCUT2D eigenvalue weighted by Gasteiger charge is -2.07. The van der Waals surface area contributed by atoms with E-state index in [1.165, 1.54) is 0 Å². The Morgan fingerprint density at radius 3 is 2.87 bits per heavy atom. The van der Waals surface area contributed by atoms with Crippen LogP contribution in [0.2, 0.25) is 0 Å². The highest BCUT2D eigenvalue weighted by atomic mass is 16.3. The Kier molecular flexibility index (Phi) is 2.83. The average molecular weight is 203 g/mol. The van der Waals surface area contributed by atoms with E-state index in [4.69, 9.17) is 4.42 Å². The molecule has 0 saturated carbocycles. The predicted molar refractivity (Wildman–Crippen MR) is 57.3 cm³/mol. The summed E-state index contributed by atoms with van der Waals surface area (Å²) < 4.78 is 5.25. The zero-order valence-corrected chi connectivity index (χ0v) is 8.55. The molecule has 0 radical (unpaired) electrons. The Morgan fingerprint density at radius 1 is 1.40 bits per heavy atom. The number of aliphatic hydroxyl groups is 1. The lowest BCUT2D eigenvalue weighted by Crippen LogP contribution is -2.05. The van der Waals surface area contributed by atoms with E-state index in [1.54, 1.807) is 19.4 Å². The van der Waals surface area contributed by atoms with E-state index in [0.29, 0.717) is 12.3 Å². The highest BCUT2D eigenvalue weighted by molar-refractivity contribution is 5.58. The molecule has 1 atom stereocenters. The molecule has 0 saturated heterocycles. The number of aliphatic hydroxyl groups excluding tert-OH is 1. The van der Waals surface area contributed by atoms with Gasteiger partial charge < -0.3 is 9.52 Å². The van der Waals surface area contributed by atoms with Gasteiger partial charge in [0.1, 0.15) is 6.26 Å². The first-order chi connectivity index (χ1) is 7.27. The highest BCUT2D eigenvalue weighted by Crippen LogP contribution is 2.22. The van der Waals surface area contributed by atoms with Crippen LogP contribution in [0.3, 0.4) is 0 Å². The van der Waals surface area contributed by atoms with Gasteiger partial charge in [0, 0.05) is 5.56 Å². The molecule has 1 unspecified atom stereocenters. The van der Waals surface area contributed by atoms with Crippen molar-refractivity contribution in [2.24, 2.45) is 0 Å². The van der Waals surface area contributed by atoms with Gasteiger partial charge in [0.15, 0.2) is 0 Å². The summed E-state index contributed by atoms with van der Waals surface area (Å²) in [5.41, 5.74) is 2.00. The summed E-state index contributed by atoms with van der Waals surface area (Å²) >= 11 is 0. The molecule has 0 spiro atoms. The number of nitrogens with zero attached hydrogens (tertiary/aromatic N) is 1. The maximum atomic E-state index is 9.38. The Morgan fingerprint density at radius 2 is 2.20 bits per heavy atom. The van der Waals surface area contributed by atoms with Crippen molar-refractivity contribution < 1.29 is 9.52 Å². The van der Waals surface area contributed by atoms with Crippen LogP contribution in [0.25, 0.3) is 11.5 Å². The van der Waals surface area contributed by atoms with Gasteiger partial charge in [0.25, 0.3) is 0 Å². The Balaban J connectivity index is 2.38. The molecule has 0 amide bonds. The third kappa shape index (κ3) is 2.25. The van der Waals surface area contributed by atoms with Crippen molar-refractivity contribution in [3.63, 3.8) is 0 Å². The topological polar surface area (TPSA) is 46.3 Å². The second-order valence-electron chi connectivity index (χ2n) is 3.55. The van der Waals surface area contributed by atoms with Crippen LogP contribution in [0.15, 0.2) is 41.1 Å². The van der Waals surface area contributed by atoms with Gasteiger partial charge >= 0.3 is 0 Å². The third-order valence-electron chi connectivity index (χ3n) is 2.20. The molecule has 0 fully saturated rings. The summed E-state index contributed by atoms with van der Waals surface area (Å²) in [7, 11) is 0. The van der Waals surface area contributed by atoms with Crippen LogP contribution >= 0.6 is 0 Å². The SMILES string of the molecule is CC(O)Cc1ccccc1-c1ncco1. The molecule has 78 valence electrons. The monoisotopic (exact) mass is 203 g/mol.